The molecular formula is C47H53N9O10. The molecule has 10 rings (SSSR count). The molecule has 4 aliphatic heterocycles. The molecule has 1 aromatic carbocycles. The van der Waals surface area contributed by atoms with E-state index in [1.807, 2.05) is 58.9 Å². The van der Waals surface area contributed by atoms with Gasteiger partial charge in [-0.05, 0) is 101 Å². The molecule has 0 bridgehead atoms. The predicted molar refractivity (Wildman–Crippen MR) is 245 cm³/mol. The molecule has 8 heterocycles. The third kappa shape index (κ3) is 8.69. The van der Waals surface area contributed by atoms with E-state index in [-0.39, 0.29) is 31.0 Å². The Morgan fingerprint density at radius 1 is 1.05 bits per heavy atom. The number of fused-ring (bicyclic) bond motifs is 8. The Labute approximate surface area is 378 Å². The van der Waals surface area contributed by atoms with E-state index in [1.165, 1.54) is 16.8 Å². The van der Waals surface area contributed by atoms with Crippen molar-refractivity contribution in [1.29, 1.82) is 0 Å². The quantitative estimate of drug-likeness (QED) is 0.0590. The van der Waals surface area contributed by atoms with Gasteiger partial charge in [0.05, 0.1) is 52.6 Å². The van der Waals surface area contributed by atoms with Crippen molar-refractivity contribution in [3.05, 3.63) is 124 Å². The number of hydrogen-bond acceptors (Lipinski definition) is 14. The van der Waals surface area contributed by atoms with Gasteiger partial charge in [0.25, 0.3) is 11.5 Å². The first kappa shape index (κ1) is 45.8. The van der Waals surface area contributed by atoms with Gasteiger partial charge in [-0.1, -0.05) is 25.4 Å². The Morgan fingerprint density at radius 2 is 1.80 bits per heavy atom. The highest BCUT2D eigenvalue weighted by Gasteiger charge is 2.41. The van der Waals surface area contributed by atoms with Crippen molar-refractivity contribution < 1.29 is 33.6 Å². The summed E-state index contributed by atoms with van der Waals surface area (Å²) >= 11 is 0. The fourth-order valence-electron chi connectivity index (χ4n) is 8.62. The number of H-pyrrole nitrogens is 1. The van der Waals surface area contributed by atoms with Gasteiger partial charge >= 0.3 is 11.3 Å². The average molecular weight is 904 g/mol. The van der Waals surface area contributed by atoms with Crippen LogP contribution in [0.4, 0.5) is 17.3 Å². The molecule has 0 spiro atoms. The number of ether oxygens (including phenoxy) is 3. The van der Waals surface area contributed by atoms with E-state index in [9.17, 15) is 24.3 Å². The van der Waals surface area contributed by atoms with Crippen LogP contribution in [0, 0.1) is 19.8 Å². The van der Waals surface area contributed by atoms with E-state index in [0.29, 0.717) is 45.6 Å². The van der Waals surface area contributed by atoms with Crippen LogP contribution in [-0.4, -0.2) is 72.1 Å². The third-order valence-electron chi connectivity index (χ3n) is 12.4. The molecule has 5 aliphatic rings. The molecule has 4 aromatic heterocycles. The minimum atomic E-state index is -0.778. The third-order valence-corrected chi connectivity index (χ3v) is 12.4. The zero-order valence-corrected chi connectivity index (χ0v) is 37.8. The lowest BCUT2D eigenvalue weighted by Gasteiger charge is -2.37. The molecule has 0 radical (unpaired) electrons. The maximum absolute atomic E-state index is 12.4. The van der Waals surface area contributed by atoms with Crippen molar-refractivity contribution in [3.63, 3.8) is 0 Å². The first-order chi connectivity index (χ1) is 31.5. The van der Waals surface area contributed by atoms with E-state index in [4.69, 9.17) is 29.3 Å². The van der Waals surface area contributed by atoms with Crippen LogP contribution in [0.2, 0.25) is 0 Å². The molecular weight excluding hydrogens is 851 g/mol. The summed E-state index contributed by atoms with van der Waals surface area (Å²) in [6.07, 6.45) is 10.7. The topological polar surface area (TPSA) is 260 Å². The van der Waals surface area contributed by atoms with Gasteiger partial charge < -0.3 is 39.1 Å². The van der Waals surface area contributed by atoms with E-state index in [0.717, 1.165) is 59.3 Å². The summed E-state index contributed by atoms with van der Waals surface area (Å²) in [6, 6.07) is 6.90. The van der Waals surface area contributed by atoms with Crippen molar-refractivity contribution in [2.24, 2.45) is 11.0 Å². The largest absolute Gasteiger partial charge is 0.489 e. The number of benzene rings is 1. The van der Waals surface area contributed by atoms with Crippen molar-refractivity contribution in [2.75, 3.05) is 16.8 Å². The minimum Gasteiger partial charge on any atom is -0.489 e. The van der Waals surface area contributed by atoms with Crippen molar-refractivity contribution in [2.45, 2.75) is 123 Å². The van der Waals surface area contributed by atoms with Gasteiger partial charge in [0.1, 0.15) is 35.2 Å². The average Bonchev–Trinajstić information content (AvgIpc) is 4.05. The van der Waals surface area contributed by atoms with Gasteiger partial charge in [-0.2, -0.15) is 0 Å². The van der Waals surface area contributed by atoms with Crippen LogP contribution < -0.4 is 36.6 Å². The number of rotatable bonds is 6. The lowest BCUT2D eigenvalue weighted by molar-refractivity contribution is -0.0271. The number of nitrogens with one attached hydrogen (secondary N) is 2. The number of pyridine rings is 2. The van der Waals surface area contributed by atoms with E-state index in [1.54, 1.807) is 25.4 Å². The Hall–Kier alpha value is -6.79. The molecule has 5 aromatic rings. The summed E-state index contributed by atoms with van der Waals surface area (Å²) < 4.78 is 24.8. The number of hydrogen-bond donors (Lipinski definition) is 4. The lowest BCUT2D eigenvalue weighted by atomic mass is 9.85. The highest BCUT2D eigenvalue weighted by Crippen LogP contribution is 2.52. The second-order valence-electron chi connectivity index (χ2n) is 17.8. The van der Waals surface area contributed by atoms with Crippen LogP contribution in [-0.2, 0) is 11.2 Å². The fourth-order valence-corrected chi connectivity index (χ4v) is 8.62. The van der Waals surface area contributed by atoms with Gasteiger partial charge in [-0.3, -0.25) is 19.1 Å². The molecule has 1 aliphatic carbocycles. The highest BCUT2D eigenvalue weighted by molar-refractivity contribution is 6.12. The van der Waals surface area contributed by atoms with Crippen LogP contribution in [0.5, 0.6) is 11.5 Å². The molecule has 4 N–H and O–H groups in total. The summed E-state index contributed by atoms with van der Waals surface area (Å²) in [5, 5.41) is 27.4. The number of aliphatic hydroxyl groups is 2. The second-order valence-corrected chi connectivity index (χ2v) is 17.8. The molecule has 19 heteroatoms. The second kappa shape index (κ2) is 18.2. The number of anilines is 3. The number of carbonyl (C=O) groups is 1. The molecule has 1 amide bonds. The van der Waals surface area contributed by atoms with E-state index < -0.39 is 47.0 Å². The molecule has 2 fully saturated rings. The number of aromatic nitrogens is 4. The van der Waals surface area contributed by atoms with Crippen molar-refractivity contribution in [3.8, 4) is 11.5 Å². The molecule has 19 nitrogen and oxygen atoms in total. The first-order valence-corrected chi connectivity index (χ1v) is 22.1. The Bertz CT molecular complexity index is 2970. The Morgan fingerprint density at radius 3 is 2.52 bits per heavy atom. The summed E-state index contributed by atoms with van der Waals surface area (Å²) in [5.41, 5.74) is 11.9. The summed E-state index contributed by atoms with van der Waals surface area (Å²) in [7, 11) is 0. The van der Waals surface area contributed by atoms with Crippen LogP contribution in [0.15, 0.2) is 72.8 Å². The van der Waals surface area contributed by atoms with E-state index >= 15 is 0 Å². The lowest BCUT2D eigenvalue weighted by Crippen LogP contribution is -2.34. The van der Waals surface area contributed by atoms with Gasteiger partial charge in [0.15, 0.2) is 11.4 Å². The summed E-state index contributed by atoms with van der Waals surface area (Å²) in [5.74, 6) is 2.50. The molecule has 66 heavy (non-hydrogen) atoms. The Kier molecular flexibility index (Phi) is 12.6. The predicted octanol–water partition coefficient (Wildman–Crippen LogP) is 6.84. The number of aromatic amines is 1. The van der Waals surface area contributed by atoms with Crippen LogP contribution in [0.3, 0.4) is 0 Å². The zero-order chi connectivity index (χ0) is 47.2. The van der Waals surface area contributed by atoms with Crippen LogP contribution in [0.25, 0.3) is 27.5 Å². The number of carbonyl (C=O) groups excluding carboxylic acids is 1. The number of azide groups is 1. The highest BCUT2D eigenvalue weighted by atomic mass is 16.5. The van der Waals surface area contributed by atoms with Crippen LogP contribution >= 0.6 is 0 Å². The number of amides is 1. The molecule has 0 unspecified atom stereocenters. The van der Waals surface area contributed by atoms with E-state index in [2.05, 4.69) is 42.1 Å². The monoisotopic (exact) mass is 903 g/mol. The number of nitrogens with zero attached hydrogens (tertiary/aromatic N) is 7. The SMILES string of the molecule is CCCc1cc(=O)oc2c3c(c4c(c12)OC(C)(C)C=C4)O[C@H](C)[C@@H](C)[C@@H]3O.Cc1ccnc2c1NC(=O)c1cccnc1N2C1CC1.Cc1cn([C@H]2C[C@H](N=[N+]=[N-])[C@@H](CO)O2)c(=O)[nH]c1=O. The first-order valence-electron chi connectivity index (χ1n) is 22.1. The number of aryl methyl sites for hydroxylation is 3. The van der Waals surface area contributed by atoms with Gasteiger partial charge in [-0.15, -0.1) is 0 Å². The maximum Gasteiger partial charge on any atom is 0.336 e. The Balaban J connectivity index is 0.000000137. The van der Waals surface area contributed by atoms with Crippen LogP contribution in [0.1, 0.15) is 111 Å². The van der Waals surface area contributed by atoms with Gasteiger partial charge in [0, 0.05) is 53.5 Å². The van der Waals surface area contributed by atoms with Gasteiger partial charge in [0.2, 0.25) is 0 Å². The smallest absolute Gasteiger partial charge is 0.336 e. The molecule has 346 valence electrons. The molecule has 1 saturated carbocycles. The molecule has 6 atom stereocenters. The standard InChI is InChI=1S/C22H26O5.C15H14N4O.C10H13N5O4/c1-6-7-13-10-15(23)26-21-16(13)20-14(8-9-22(4,5)27-20)19-17(21)18(24)11(2)12(3)25-19;1-9-6-8-17-14-12(9)18-15(20)11-3-2-7-16-13(11)19(14)10-4-5-10;1-5-3-15(10(18)12-9(5)17)8-2-6(13-14-11)7(4-16)19-8/h8-12,18,24H,6-7H2,1-5H3;2-3,6-8,10H,4-5H2,1H3,(H,18,20);3,6-8,16H,2,4H2,1H3,(H,12,17,18)/t11-,12-,18+;;6-,7+,8+/m1.0/s1. The number of aliphatic hydroxyl groups excluding tert-OH is 2. The minimum absolute atomic E-state index is 0.117. The molecule has 1 saturated heterocycles. The fraction of sp³-hybridized carbons (Fsp3) is 0.447. The zero-order valence-electron chi connectivity index (χ0n) is 37.8. The summed E-state index contributed by atoms with van der Waals surface area (Å²) in [4.78, 5) is 63.5. The van der Waals surface area contributed by atoms with Crippen molar-refractivity contribution >= 4 is 40.3 Å². The van der Waals surface area contributed by atoms with Crippen molar-refractivity contribution in [1.82, 2.24) is 19.5 Å². The summed E-state index contributed by atoms with van der Waals surface area (Å²) in [6.45, 7) is 13.2. The normalized spacial score (nSPS) is 23.1. The maximum atomic E-state index is 12.4. The van der Waals surface area contributed by atoms with Gasteiger partial charge in [-0.25, -0.2) is 19.6 Å².